The van der Waals surface area contributed by atoms with E-state index in [1.54, 1.807) is 34.9 Å². The van der Waals surface area contributed by atoms with Crippen LogP contribution in [0.1, 0.15) is 16.2 Å². The number of para-hydroxylation sites is 1. The van der Waals surface area contributed by atoms with Crippen molar-refractivity contribution in [1.29, 1.82) is 0 Å². The lowest BCUT2D eigenvalue weighted by atomic mass is 10.2. The molecule has 0 bridgehead atoms. The number of carbonyl (C=O) groups excluding carboxylic acids is 1. The maximum Gasteiger partial charge on any atom is 0.331 e. The fourth-order valence-electron chi connectivity index (χ4n) is 3.78. The molecule has 0 radical (unpaired) electrons. The first-order valence-electron chi connectivity index (χ1n) is 10.6. The molecule has 2 aromatic carbocycles. The Kier molecular flexibility index (Phi) is 5.60. The molecule has 0 saturated heterocycles. The second-order valence-electron chi connectivity index (χ2n) is 9.25. The quantitative estimate of drug-likeness (QED) is 0.422. The van der Waals surface area contributed by atoms with Crippen LogP contribution < -0.4 is 17.0 Å². The average molecular weight is 450 g/mol. The van der Waals surface area contributed by atoms with Crippen LogP contribution in [0.15, 0.2) is 52.1 Å². The molecule has 0 aliphatic carbocycles. The molecule has 2 heterocycles. The number of fused-ring (bicyclic) bond motifs is 2. The summed E-state index contributed by atoms with van der Waals surface area (Å²) in [4.78, 5) is 45.5. The van der Waals surface area contributed by atoms with E-state index >= 15 is 0 Å². The fourth-order valence-corrected chi connectivity index (χ4v) is 4.68. The van der Waals surface area contributed by atoms with Gasteiger partial charge in [-0.3, -0.25) is 18.7 Å². The van der Waals surface area contributed by atoms with Crippen molar-refractivity contribution in [2.75, 3.05) is 0 Å². The van der Waals surface area contributed by atoms with Crippen LogP contribution in [0.25, 0.3) is 21.9 Å². The van der Waals surface area contributed by atoms with Gasteiger partial charge in [0.15, 0.2) is 0 Å². The molecule has 0 atom stereocenters. The summed E-state index contributed by atoms with van der Waals surface area (Å²) in [5, 5.41) is 0.540. The summed E-state index contributed by atoms with van der Waals surface area (Å²) in [5.41, 5.74) is 7.30. The third kappa shape index (κ3) is 4.29. The van der Waals surface area contributed by atoms with E-state index in [1.807, 2.05) is 12.1 Å². The summed E-state index contributed by atoms with van der Waals surface area (Å²) in [6.45, 7) is 7.47. The Morgan fingerprint density at radius 3 is 2.53 bits per heavy atom. The molecule has 0 fully saturated rings. The molecule has 0 unspecified atom stereocenters. The summed E-state index contributed by atoms with van der Waals surface area (Å²) < 4.78 is 3.03. The number of hydrogen-bond donors (Lipinski definition) is 2. The number of nitrogens with two attached hydrogens (primary N) is 1. The van der Waals surface area contributed by atoms with Crippen molar-refractivity contribution in [3.05, 3.63) is 74.7 Å². The number of rotatable bonds is 7. The van der Waals surface area contributed by atoms with Gasteiger partial charge in [-0.25, -0.2) is 9.78 Å². The summed E-state index contributed by atoms with van der Waals surface area (Å²) in [6, 6.07) is 13.1. The maximum absolute atomic E-state index is 13.3. The third-order valence-corrected chi connectivity index (χ3v) is 7.33. The predicted molar refractivity (Wildman–Crippen MR) is 129 cm³/mol. The zero-order valence-electron chi connectivity index (χ0n) is 18.5. The Labute approximate surface area is 185 Å². The topological polar surface area (TPSA) is 116 Å². The van der Waals surface area contributed by atoms with Crippen molar-refractivity contribution in [1.82, 2.24) is 19.1 Å². The number of aryl methyl sites for hydroxylation is 2. The number of benzene rings is 2. The molecule has 0 aliphatic heterocycles. The monoisotopic (exact) mass is 449 g/mol. The fraction of sp³-hybridized carbons (Fsp3) is 0.304. The molecule has 2 aromatic heterocycles. The Bertz CT molecular complexity index is 1440. The SMILES string of the molecule is C[Si](C)(C)CCn1c(=O)c2ccccc2n(CCc2nc3ccc(C(N)=O)cc3[nH]2)c1=O. The lowest BCUT2D eigenvalue weighted by Crippen LogP contribution is -2.41. The maximum atomic E-state index is 13.3. The molecule has 8 nitrogen and oxygen atoms in total. The van der Waals surface area contributed by atoms with Gasteiger partial charge in [-0.05, 0) is 36.4 Å². The standard InChI is InChI=1S/C23H27N5O3Si/c1-32(2,3)13-12-28-22(30)16-6-4-5-7-19(16)27(23(28)31)11-10-20-25-17-9-8-15(21(24)29)14-18(17)26-20/h4-9,14H,10-13H2,1-3H3,(H2,24,29)(H,25,26). The molecule has 0 aliphatic rings. The van der Waals surface area contributed by atoms with E-state index in [1.165, 1.54) is 4.57 Å². The normalized spacial score (nSPS) is 12.0. The highest BCUT2D eigenvalue weighted by atomic mass is 28.3. The first kappa shape index (κ1) is 21.8. The second kappa shape index (κ2) is 8.23. The molecule has 3 N–H and O–H groups in total. The van der Waals surface area contributed by atoms with Gasteiger partial charge in [-0.1, -0.05) is 31.8 Å². The van der Waals surface area contributed by atoms with Crippen LogP contribution in [0.4, 0.5) is 0 Å². The minimum absolute atomic E-state index is 0.234. The Balaban J connectivity index is 1.71. The highest BCUT2D eigenvalue weighted by Gasteiger charge is 2.18. The molecule has 9 heteroatoms. The highest BCUT2D eigenvalue weighted by Crippen LogP contribution is 2.15. The predicted octanol–water partition coefficient (Wildman–Crippen LogP) is 2.72. The van der Waals surface area contributed by atoms with Gasteiger partial charge in [0.25, 0.3) is 5.56 Å². The van der Waals surface area contributed by atoms with Crippen molar-refractivity contribution in [3.8, 4) is 0 Å². The number of carbonyl (C=O) groups is 1. The Hall–Kier alpha value is -3.46. The first-order chi connectivity index (χ1) is 15.1. The zero-order chi connectivity index (χ0) is 23.0. The molecule has 0 saturated carbocycles. The van der Waals surface area contributed by atoms with E-state index in [4.69, 9.17) is 5.73 Å². The molecule has 4 aromatic rings. The number of H-pyrrole nitrogens is 1. The number of nitrogens with zero attached hydrogens (tertiary/aromatic N) is 3. The van der Waals surface area contributed by atoms with E-state index in [-0.39, 0.29) is 11.2 Å². The van der Waals surface area contributed by atoms with Gasteiger partial charge in [-0.2, -0.15) is 0 Å². The van der Waals surface area contributed by atoms with Crippen molar-refractivity contribution >= 4 is 35.9 Å². The summed E-state index contributed by atoms with van der Waals surface area (Å²) >= 11 is 0. The van der Waals surface area contributed by atoms with Crippen LogP contribution in [0, 0.1) is 0 Å². The largest absolute Gasteiger partial charge is 0.366 e. The number of amides is 1. The average Bonchev–Trinajstić information content (AvgIpc) is 3.14. The van der Waals surface area contributed by atoms with Crippen LogP contribution in [0.2, 0.25) is 25.7 Å². The highest BCUT2D eigenvalue weighted by molar-refractivity contribution is 6.76. The van der Waals surface area contributed by atoms with E-state index in [2.05, 4.69) is 29.6 Å². The minimum atomic E-state index is -1.43. The van der Waals surface area contributed by atoms with Crippen LogP contribution in [0.3, 0.4) is 0 Å². The van der Waals surface area contributed by atoms with Crippen LogP contribution in [0.5, 0.6) is 0 Å². The lowest BCUT2D eigenvalue weighted by Gasteiger charge is -2.18. The summed E-state index contributed by atoms with van der Waals surface area (Å²) in [5.74, 6) is 0.194. The second-order valence-corrected chi connectivity index (χ2v) is 14.9. The number of hydrogen-bond acceptors (Lipinski definition) is 4. The summed E-state index contributed by atoms with van der Waals surface area (Å²) in [7, 11) is -1.43. The van der Waals surface area contributed by atoms with Crippen molar-refractivity contribution in [2.45, 2.75) is 45.2 Å². The lowest BCUT2D eigenvalue weighted by molar-refractivity contribution is 0.100. The van der Waals surface area contributed by atoms with E-state index in [9.17, 15) is 14.4 Å². The molecule has 0 spiro atoms. The van der Waals surface area contributed by atoms with Crippen molar-refractivity contribution in [2.24, 2.45) is 5.73 Å². The third-order valence-electron chi connectivity index (χ3n) is 5.61. The zero-order valence-corrected chi connectivity index (χ0v) is 19.5. The number of imidazole rings is 1. The van der Waals surface area contributed by atoms with Gasteiger partial charge < -0.3 is 10.7 Å². The van der Waals surface area contributed by atoms with Gasteiger partial charge in [0.1, 0.15) is 5.82 Å². The number of nitrogens with one attached hydrogen (secondary N) is 1. The smallest absolute Gasteiger partial charge is 0.331 e. The Morgan fingerprint density at radius 2 is 1.81 bits per heavy atom. The number of primary amides is 1. The van der Waals surface area contributed by atoms with E-state index < -0.39 is 14.0 Å². The van der Waals surface area contributed by atoms with Crippen LogP contribution in [-0.2, 0) is 19.5 Å². The van der Waals surface area contributed by atoms with Gasteiger partial charge in [0, 0.05) is 33.1 Å². The number of aromatic nitrogens is 4. The minimum Gasteiger partial charge on any atom is -0.366 e. The van der Waals surface area contributed by atoms with Crippen molar-refractivity contribution < 1.29 is 4.79 Å². The van der Waals surface area contributed by atoms with E-state index in [0.29, 0.717) is 47.3 Å². The van der Waals surface area contributed by atoms with Gasteiger partial charge >= 0.3 is 5.69 Å². The molecule has 1 amide bonds. The molecule has 4 rings (SSSR count). The van der Waals surface area contributed by atoms with Gasteiger partial charge in [0.2, 0.25) is 5.91 Å². The molecular formula is C23H27N5O3Si. The van der Waals surface area contributed by atoms with Crippen molar-refractivity contribution in [3.63, 3.8) is 0 Å². The molecule has 32 heavy (non-hydrogen) atoms. The summed E-state index contributed by atoms with van der Waals surface area (Å²) in [6.07, 6.45) is 0.469. The van der Waals surface area contributed by atoms with Gasteiger partial charge in [-0.15, -0.1) is 0 Å². The molecule has 166 valence electrons. The first-order valence-corrected chi connectivity index (χ1v) is 14.4. The molecular weight excluding hydrogens is 422 g/mol. The van der Waals surface area contributed by atoms with Gasteiger partial charge in [0.05, 0.1) is 21.9 Å². The van der Waals surface area contributed by atoms with Crippen LogP contribution >= 0.6 is 0 Å². The Morgan fingerprint density at radius 1 is 1.06 bits per heavy atom. The number of aromatic amines is 1. The van der Waals surface area contributed by atoms with E-state index in [0.717, 1.165) is 11.6 Å². The van der Waals surface area contributed by atoms with Crippen LogP contribution in [-0.4, -0.2) is 33.1 Å².